The summed E-state index contributed by atoms with van der Waals surface area (Å²) in [7, 11) is 0. The number of allylic oxidation sites excluding steroid dienone is 2. The Morgan fingerprint density at radius 2 is 2.17 bits per heavy atom. The second kappa shape index (κ2) is 6.10. The Hall–Kier alpha value is -2.65. The third kappa shape index (κ3) is 2.68. The number of thiazole rings is 1. The molecule has 5 nitrogen and oxygen atoms in total. The number of benzene rings is 1. The number of rotatable bonds is 2. The molecule has 1 N–H and O–H groups in total. The predicted molar refractivity (Wildman–Crippen MR) is 92.7 cm³/mol. The van der Waals surface area contributed by atoms with Crippen molar-refractivity contribution in [3.05, 3.63) is 34.2 Å². The van der Waals surface area contributed by atoms with Crippen LogP contribution in [-0.2, 0) is 4.79 Å². The SMILES string of the molecule is N#CC(=C1CCCC1)c1nc(-c2ccc3c(c2)NC(=O)CO3)cs1. The lowest BCUT2D eigenvalue weighted by molar-refractivity contribution is -0.118. The van der Waals surface area contributed by atoms with Crippen LogP contribution < -0.4 is 10.1 Å². The van der Waals surface area contributed by atoms with Gasteiger partial charge in [0.05, 0.1) is 17.0 Å². The molecular weight excluding hydrogens is 322 g/mol. The van der Waals surface area contributed by atoms with E-state index >= 15 is 0 Å². The zero-order chi connectivity index (χ0) is 16.5. The quantitative estimate of drug-likeness (QED) is 0.841. The van der Waals surface area contributed by atoms with Crippen molar-refractivity contribution >= 4 is 28.5 Å². The molecule has 0 bridgehead atoms. The van der Waals surface area contributed by atoms with Crippen molar-refractivity contribution in [2.75, 3.05) is 11.9 Å². The molecule has 1 fully saturated rings. The van der Waals surface area contributed by atoms with Crippen LogP contribution in [0.5, 0.6) is 5.75 Å². The summed E-state index contributed by atoms with van der Waals surface area (Å²) in [6.45, 7) is 0.0479. The normalized spacial score (nSPS) is 16.1. The van der Waals surface area contributed by atoms with Gasteiger partial charge in [-0.05, 0) is 49.5 Å². The molecule has 2 heterocycles. The van der Waals surface area contributed by atoms with Gasteiger partial charge in [0.25, 0.3) is 5.91 Å². The molecule has 1 aliphatic heterocycles. The van der Waals surface area contributed by atoms with Crippen LogP contribution in [-0.4, -0.2) is 17.5 Å². The summed E-state index contributed by atoms with van der Waals surface area (Å²) < 4.78 is 5.37. The molecule has 1 aliphatic carbocycles. The summed E-state index contributed by atoms with van der Waals surface area (Å²) in [5.74, 6) is 0.510. The van der Waals surface area contributed by atoms with E-state index in [4.69, 9.17) is 4.74 Å². The smallest absolute Gasteiger partial charge is 0.262 e. The number of carbonyl (C=O) groups is 1. The van der Waals surface area contributed by atoms with E-state index in [0.29, 0.717) is 11.4 Å². The molecule has 2 aliphatic rings. The van der Waals surface area contributed by atoms with Gasteiger partial charge in [-0.1, -0.05) is 0 Å². The van der Waals surface area contributed by atoms with Gasteiger partial charge in [-0.3, -0.25) is 4.79 Å². The van der Waals surface area contributed by atoms with Crippen LogP contribution in [0.15, 0.2) is 29.2 Å². The molecule has 1 aromatic heterocycles. The summed E-state index contributed by atoms with van der Waals surface area (Å²) in [6.07, 6.45) is 4.31. The highest BCUT2D eigenvalue weighted by Crippen LogP contribution is 2.36. The molecule has 4 rings (SSSR count). The minimum absolute atomic E-state index is 0.0479. The van der Waals surface area contributed by atoms with E-state index < -0.39 is 0 Å². The van der Waals surface area contributed by atoms with E-state index in [1.165, 1.54) is 16.9 Å². The Kier molecular flexibility index (Phi) is 3.79. The van der Waals surface area contributed by atoms with Gasteiger partial charge in [0.15, 0.2) is 6.61 Å². The van der Waals surface area contributed by atoms with Gasteiger partial charge in [0.1, 0.15) is 16.8 Å². The maximum absolute atomic E-state index is 11.5. The lowest BCUT2D eigenvalue weighted by atomic mass is 10.1. The van der Waals surface area contributed by atoms with Crippen LogP contribution in [0.1, 0.15) is 30.7 Å². The lowest BCUT2D eigenvalue weighted by Crippen LogP contribution is -2.25. The molecule has 6 heteroatoms. The topological polar surface area (TPSA) is 75.0 Å². The number of nitrogens with zero attached hydrogens (tertiary/aromatic N) is 2. The molecular formula is C18H15N3O2S. The fourth-order valence-electron chi connectivity index (χ4n) is 3.09. The first-order valence-corrected chi connectivity index (χ1v) is 8.77. The highest BCUT2D eigenvalue weighted by Gasteiger charge is 2.19. The number of fused-ring (bicyclic) bond motifs is 1. The molecule has 0 unspecified atom stereocenters. The third-order valence-electron chi connectivity index (χ3n) is 4.30. The number of nitrogens with one attached hydrogen (secondary N) is 1. The van der Waals surface area contributed by atoms with Crippen molar-refractivity contribution in [3.63, 3.8) is 0 Å². The van der Waals surface area contributed by atoms with Crippen LogP contribution in [0, 0.1) is 11.3 Å². The highest BCUT2D eigenvalue weighted by molar-refractivity contribution is 7.11. The first kappa shape index (κ1) is 14.9. The van der Waals surface area contributed by atoms with Gasteiger partial charge < -0.3 is 10.1 Å². The number of hydrogen-bond acceptors (Lipinski definition) is 5. The Morgan fingerprint density at radius 3 is 2.96 bits per heavy atom. The maximum Gasteiger partial charge on any atom is 0.262 e. The summed E-state index contributed by atoms with van der Waals surface area (Å²) >= 11 is 1.49. The Labute approximate surface area is 143 Å². The monoisotopic (exact) mass is 337 g/mol. The Morgan fingerprint density at radius 1 is 1.33 bits per heavy atom. The summed E-state index contributed by atoms with van der Waals surface area (Å²) in [6, 6.07) is 7.95. The fraction of sp³-hybridized carbons (Fsp3) is 0.278. The molecule has 1 amide bonds. The number of anilines is 1. The molecule has 1 saturated carbocycles. The summed E-state index contributed by atoms with van der Waals surface area (Å²) in [5, 5.41) is 15.0. The van der Waals surface area contributed by atoms with E-state index in [0.717, 1.165) is 47.5 Å². The number of amides is 1. The summed E-state index contributed by atoms with van der Waals surface area (Å²) in [4.78, 5) is 16.1. The first-order chi connectivity index (χ1) is 11.7. The first-order valence-electron chi connectivity index (χ1n) is 7.89. The Bertz CT molecular complexity index is 884. The second-order valence-electron chi connectivity index (χ2n) is 5.88. The lowest BCUT2D eigenvalue weighted by Gasteiger charge is -2.18. The number of hydrogen-bond donors (Lipinski definition) is 1. The number of nitriles is 1. The minimum atomic E-state index is -0.156. The van der Waals surface area contributed by atoms with Crippen molar-refractivity contribution in [2.24, 2.45) is 0 Å². The average molecular weight is 337 g/mol. The van der Waals surface area contributed by atoms with Crippen LogP contribution in [0.3, 0.4) is 0 Å². The van der Waals surface area contributed by atoms with Gasteiger partial charge in [-0.15, -0.1) is 11.3 Å². The van der Waals surface area contributed by atoms with E-state index in [-0.39, 0.29) is 12.5 Å². The zero-order valence-electron chi connectivity index (χ0n) is 13.0. The van der Waals surface area contributed by atoms with Gasteiger partial charge in [-0.2, -0.15) is 5.26 Å². The molecule has 0 atom stereocenters. The number of carbonyl (C=O) groups excluding carboxylic acids is 1. The Balaban J connectivity index is 1.68. The largest absolute Gasteiger partial charge is 0.482 e. The molecule has 120 valence electrons. The van der Waals surface area contributed by atoms with Crippen LogP contribution in [0.25, 0.3) is 16.8 Å². The maximum atomic E-state index is 11.5. The van der Waals surface area contributed by atoms with Gasteiger partial charge in [0, 0.05) is 10.9 Å². The van der Waals surface area contributed by atoms with Crippen molar-refractivity contribution in [1.29, 1.82) is 5.26 Å². The van der Waals surface area contributed by atoms with E-state index in [1.54, 1.807) is 0 Å². The van der Waals surface area contributed by atoms with Crippen molar-refractivity contribution in [2.45, 2.75) is 25.7 Å². The predicted octanol–water partition coefficient (Wildman–Crippen LogP) is 3.99. The number of aromatic nitrogens is 1. The van der Waals surface area contributed by atoms with Gasteiger partial charge in [0.2, 0.25) is 0 Å². The standard InChI is InChI=1S/C18H15N3O2S/c19-8-13(11-3-1-2-4-11)18-21-15(10-24-18)12-5-6-16-14(7-12)20-17(22)9-23-16/h5-7,10H,1-4,9H2,(H,20,22). The van der Waals surface area contributed by atoms with Gasteiger partial charge in [-0.25, -0.2) is 4.98 Å². The van der Waals surface area contributed by atoms with Crippen molar-refractivity contribution in [1.82, 2.24) is 4.98 Å². The fourth-order valence-corrected chi connectivity index (χ4v) is 3.96. The van der Waals surface area contributed by atoms with Crippen LogP contribution in [0.2, 0.25) is 0 Å². The molecule has 0 spiro atoms. The third-order valence-corrected chi connectivity index (χ3v) is 5.16. The molecule has 0 radical (unpaired) electrons. The second-order valence-corrected chi connectivity index (χ2v) is 6.74. The molecule has 0 saturated heterocycles. The molecule has 2 aromatic rings. The minimum Gasteiger partial charge on any atom is -0.482 e. The van der Waals surface area contributed by atoms with E-state index in [2.05, 4.69) is 16.4 Å². The van der Waals surface area contributed by atoms with Crippen molar-refractivity contribution < 1.29 is 9.53 Å². The summed E-state index contributed by atoms with van der Waals surface area (Å²) in [5.41, 5.74) is 4.33. The highest BCUT2D eigenvalue weighted by atomic mass is 32.1. The zero-order valence-corrected chi connectivity index (χ0v) is 13.8. The number of ether oxygens (including phenoxy) is 1. The average Bonchev–Trinajstić information content (AvgIpc) is 3.27. The van der Waals surface area contributed by atoms with E-state index in [1.807, 2.05) is 23.6 Å². The van der Waals surface area contributed by atoms with Gasteiger partial charge >= 0.3 is 0 Å². The molecule has 24 heavy (non-hydrogen) atoms. The van der Waals surface area contributed by atoms with Crippen molar-refractivity contribution in [3.8, 4) is 23.1 Å². The van der Waals surface area contributed by atoms with Crippen LogP contribution in [0.4, 0.5) is 5.69 Å². The van der Waals surface area contributed by atoms with Crippen LogP contribution >= 0.6 is 11.3 Å². The molecule has 1 aromatic carbocycles. The van der Waals surface area contributed by atoms with E-state index in [9.17, 15) is 10.1 Å².